The molecule has 0 radical (unpaired) electrons. The predicted octanol–water partition coefficient (Wildman–Crippen LogP) is 3.65. The minimum absolute atomic E-state index is 0.0631. The van der Waals surface area contributed by atoms with Crippen LogP contribution < -0.4 is 9.47 Å². The molecule has 3 aromatic rings. The summed E-state index contributed by atoms with van der Waals surface area (Å²) >= 11 is 1.55. The standard InChI is InChI=1S/C24H28N4O4S/c1-17-25-23(26-32-17)16-33-22-7-5-4-6-19(22)24(29)28-12-10-27(11-13-28)15-18-8-9-20(30-2)21(14-18)31-3/h4-9,14H,10-13,15-16H2,1-3H3. The fourth-order valence-electron chi connectivity index (χ4n) is 3.83. The van der Waals surface area contributed by atoms with Crippen LogP contribution in [0.5, 0.6) is 11.5 Å². The van der Waals surface area contributed by atoms with E-state index in [1.807, 2.05) is 41.3 Å². The molecule has 0 spiro atoms. The number of carbonyl (C=O) groups is 1. The quantitative estimate of drug-likeness (QED) is 0.464. The largest absolute Gasteiger partial charge is 0.493 e. The highest BCUT2D eigenvalue weighted by molar-refractivity contribution is 7.98. The molecule has 1 aliphatic rings. The van der Waals surface area contributed by atoms with E-state index in [4.69, 9.17) is 14.0 Å². The van der Waals surface area contributed by atoms with E-state index in [1.165, 1.54) is 0 Å². The van der Waals surface area contributed by atoms with Crippen LogP contribution >= 0.6 is 11.8 Å². The molecule has 0 aliphatic carbocycles. The smallest absolute Gasteiger partial charge is 0.255 e. The van der Waals surface area contributed by atoms with Crippen LogP contribution in [0.2, 0.25) is 0 Å². The molecule has 1 amide bonds. The summed E-state index contributed by atoms with van der Waals surface area (Å²) in [5.41, 5.74) is 1.88. The number of amides is 1. The summed E-state index contributed by atoms with van der Waals surface area (Å²) in [5, 5.41) is 3.94. The first-order valence-electron chi connectivity index (χ1n) is 10.8. The molecule has 8 nitrogen and oxygen atoms in total. The summed E-state index contributed by atoms with van der Waals surface area (Å²) in [7, 11) is 3.28. The Bertz CT molecular complexity index is 1100. The van der Waals surface area contributed by atoms with Gasteiger partial charge in [0.15, 0.2) is 17.3 Å². The first-order valence-corrected chi connectivity index (χ1v) is 11.8. The number of thioether (sulfide) groups is 1. The van der Waals surface area contributed by atoms with E-state index in [1.54, 1.807) is 32.9 Å². The van der Waals surface area contributed by atoms with Crippen molar-refractivity contribution in [2.45, 2.75) is 24.1 Å². The van der Waals surface area contributed by atoms with E-state index in [-0.39, 0.29) is 5.91 Å². The number of aryl methyl sites for hydroxylation is 1. The number of benzene rings is 2. The van der Waals surface area contributed by atoms with Gasteiger partial charge in [-0.05, 0) is 29.8 Å². The summed E-state index contributed by atoms with van der Waals surface area (Å²) in [4.78, 5) is 22.7. The molecule has 1 aliphatic heterocycles. The van der Waals surface area contributed by atoms with Gasteiger partial charge in [-0.2, -0.15) is 4.98 Å². The highest BCUT2D eigenvalue weighted by atomic mass is 32.2. The van der Waals surface area contributed by atoms with Crippen LogP contribution in [0.3, 0.4) is 0 Å². The predicted molar refractivity (Wildman–Crippen MR) is 126 cm³/mol. The third-order valence-electron chi connectivity index (χ3n) is 5.56. The molecule has 1 fully saturated rings. The summed E-state index contributed by atoms with van der Waals surface area (Å²) in [6.07, 6.45) is 0. The minimum Gasteiger partial charge on any atom is -0.493 e. The number of rotatable bonds is 8. The molecule has 33 heavy (non-hydrogen) atoms. The van der Waals surface area contributed by atoms with Crippen LogP contribution in [0.15, 0.2) is 51.9 Å². The van der Waals surface area contributed by atoms with E-state index < -0.39 is 0 Å². The number of hydrogen-bond donors (Lipinski definition) is 0. The van der Waals surface area contributed by atoms with Crippen LogP contribution in [-0.4, -0.2) is 66.2 Å². The van der Waals surface area contributed by atoms with Gasteiger partial charge in [-0.3, -0.25) is 9.69 Å². The van der Waals surface area contributed by atoms with Crippen molar-refractivity contribution < 1.29 is 18.8 Å². The summed E-state index contributed by atoms with van der Waals surface area (Å²) in [6.45, 7) is 5.59. The number of hydrogen-bond acceptors (Lipinski definition) is 8. The van der Waals surface area contributed by atoms with Crippen molar-refractivity contribution >= 4 is 17.7 Å². The second-order valence-corrected chi connectivity index (χ2v) is 8.79. The van der Waals surface area contributed by atoms with Crippen LogP contribution in [-0.2, 0) is 12.3 Å². The monoisotopic (exact) mass is 468 g/mol. The molecule has 2 heterocycles. The van der Waals surface area contributed by atoms with Gasteiger partial charge in [0.25, 0.3) is 5.91 Å². The highest BCUT2D eigenvalue weighted by Crippen LogP contribution is 2.29. The topological polar surface area (TPSA) is 80.9 Å². The van der Waals surface area contributed by atoms with Crippen molar-refractivity contribution in [3.8, 4) is 11.5 Å². The molecule has 1 aromatic heterocycles. The average molecular weight is 469 g/mol. The van der Waals surface area contributed by atoms with Gasteiger partial charge < -0.3 is 18.9 Å². The molecule has 0 atom stereocenters. The van der Waals surface area contributed by atoms with Gasteiger partial charge in [0.2, 0.25) is 5.89 Å². The number of ether oxygens (including phenoxy) is 2. The number of piperazine rings is 1. The van der Waals surface area contributed by atoms with Crippen LogP contribution in [0, 0.1) is 6.92 Å². The van der Waals surface area contributed by atoms with Gasteiger partial charge in [0, 0.05) is 44.5 Å². The third kappa shape index (κ3) is 5.66. The first-order chi connectivity index (χ1) is 16.1. The molecule has 0 saturated carbocycles. The molecule has 174 valence electrons. The van der Waals surface area contributed by atoms with Gasteiger partial charge in [0.05, 0.1) is 25.5 Å². The molecule has 1 saturated heterocycles. The number of methoxy groups -OCH3 is 2. The Morgan fingerprint density at radius 3 is 2.52 bits per heavy atom. The van der Waals surface area contributed by atoms with Crippen molar-refractivity contribution in [3.63, 3.8) is 0 Å². The fourth-order valence-corrected chi connectivity index (χ4v) is 4.72. The lowest BCUT2D eigenvalue weighted by Gasteiger charge is -2.35. The summed E-state index contributed by atoms with van der Waals surface area (Å²) in [6, 6.07) is 13.7. The maximum Gasteiger partial charge on any atom is 0.255 e. The number of aromatic nitrogens is 2. The fraction of sp³-hybridized carbons (Fsp3) is 0.375. The molecule has 0 bridgehead atoms. The summed E-state index contributed by atoms with van der Waals surface area (Å²) < 4.78 is 15.8. The molecule has 2 aromatic carbocycles. The van der Waals surface area contributed by atoms with Crippen molar-refractivity contribution in [1.29, 1.82) is 0 Å². The zero-order valence-corrected chi connectivity index (χ0v) is 19.9. The van der Waals surface area contributed by atoms with Crippen molar-refractivity contribution in [2.24, 2.45) is 0 Å². The molecule has 9 heteroatoms. The van der Waals surface area contributed by atoms with Crippen LogP contribution in [0.1, 0.15) is 27.6 Å². The maximum absolute atomic E-state index is 13.3. The molecule has 0 N–H and O–H groups in total. The van der Waals surface area contributed by atoms with Gasteiger partial charge in [-0.15, -0.1) is 11.8 Å². The highest BCUT2D eigenvalue weighted by Gasteiger charge is 2.24. The Balaban J connectivity index is 1.35. The molecule has 0 unspecified atom stereocenters. The second-order valence-electron chi connectivity index (χ2n) is 7.77. The summed E-state index contributed by atoms with van der Waals surface area (Å²) in [5.74, 6) is 3.25. The van der Waals surface area contributed by atoms with E-state index in [0.717, 1.165) is 47.2 Å². The van der Waals surface area contributed by atoms with Gasteiger partial charge in [0.1, 0.15) is 0 Å². The Kier molecular flexibility index (Phi) is 7.51. The van der Waals surface area contributed by atoms with Crippen molar-refractivity contribution in [2.75, 3.05) is 40.4 Å². The van der Waals surface area contributed by atoms with Crippen LogP contribution in [0.25, 0.3) is 0 Å². The van der Waals surface area contributed by atoms with E-state index in [0.29, 0.717) is 30.6 Å². The second kappa shape index (κ2) is 10.7. The number of carbonyl (C=O) groups excluding carboxylic acids is 1. The average Bonchev–Trinajstić information content (AvgIpc) is 3.28. The van der Waals surface area contributed by atoms with E-state index in [9.17, 15) is 4.79 Å². The molecular weight excluding hydrogens is 440 g/mol. The zero-order chi connectivity index (χ0) is 23.2. The zero-order valence-electron chi connectivity index (χ0n) is 19.1. The first kappa shape index (κ1) is 23.1. The Labute approximate surface area is 197 Å². The van der Waals surface area contributed by atoms with E-state index in [2.05, 4.69) is 21.1 Å². The Morgan fingerprint density at radius 1 is 1.06 bits per heavy atom. The normalized spacial score (nSPS) is 14.3. The Hall–Kier alpha value is -3.04. The van der Waals surface area contributed by atoms with Crippen molar-refractivity contribution in [3.05, 3.63) is 65.3 Å². The lowest BCUT2D eigenvalue weighted by molar-refractivity contribution is 0.0625. The third-order valence-corrected chi connectivity index (χ3v) is 6.63. The van der Waals surface area contributed by atoms with Gasteiger partial charge in [-0.25, -0.2) is 0 Å². The molecular formula is C24H28N4O4S. The minimum atomic E-state index is 0.0631. The Morgan fingerprint density at radius 2 is 1.82 bits per heavy atom. The van der Waals surface area contributed by atoms with Gasteiger partial charge >= 0.3 is 0 Å². The molecule has 4 rings (SSSR count). The SMILES string of the molecule is COc1ccc(CN2CCN(C(=O)c3ccccc3SCc3noc(C)n3)CC2)cc1OC. The van der Waals surface area contributed by atoms with Crippen molar-refractivity contribution in [1.82, 2.24) is 19.9 Å². The van der Waals surface area contributed by atoms with E-state index >= 15 is 0 Å². The van der Waals surface area contributed by atoms with Gasteiger partial charge in [-0.1, -0.05) is 23.4 Å². The lowest BCUT2D eigenvalue weighted by atomic mass is 10.1. The maximum atomic E-state index is 13.3. The lowest BCUT2D eigenvalue weighted by Crippen LogP contribution is -2.48. The van der Waals surface area contributed by atoms with Crippen LogP contribution in [0.4, 0.5) is 0 Å². The number of nitrogens with zero attached hydrogens (tertiary/aromatic N) is 4.